The van der Waals surface area contributed by atoms with E-state index in [0.717, 1.165) is 30.3 Å². The number of rotatable bonds is 6. The van der Waals surface area contributed by atoms with Crippen molar-refractivity contribution < 1.29 is 4.74 Å². The SMILES string of the molecule is CCNc1cc(C)nc(COC(C)CC)n1. The van der Waals surface area contributed by atoms with E-state index in [1.807, 2.05) is 19.9 Å². The number of hydrogen-bond acceptors (Lipinski definition) is 4. The molecule has 90 valence electrons. The summed E-state index contributed by atoms with van der Waals surface area (Å²) in [5, 5.41) is 3.18. The first kappa shape index (κ1) is 12.9. The first-order valence-corrected chi connectivity index (χ1v) is 5.85. The zero-order valence-corrected chi connectivity index (χ0v) is 10.6. The molecule has 0 radical (unpaired) electrons. The van der Waals surface area contributed by atoms with E-state index in [9.17, 15) is 0 Å². The van der Waals surface area contributed by atoms with Crippen LogP contribution in [0.2, 0.25) is 0 Å². The molecule has 1 aromatic rings. The van der Waals surface area contributed by atoms with Crippen LogP contribution < -0.4 is 5.32 Å². The third-order valence-corrected chi connectivity index (χ3v) is 2.33. The van der Waals surface area contributed by atoms with Crippen LogP contribution in [0.3, 0.4) is 0 Å². The molecule has 0 saturated heterocycles. The first-order valence-electron chi connectivity index (χ1n) is 5.85. The first-order chi connectivity index (χ1) is 7.65. The summed E-state index contributed by atoms with van der Waals surface area (Å²) in [5.74, 6) is 1.62. The van der Waals surface area contributed by atoms with Gasteiger partial charge in [-0.05, 0) is 27.2 Å². The minimum Gasteiger partial charge on any atom is -0.371 e. The summed E-state index contributed by atoms with van der Waals surface area (Å²) in [5.41, 5.74) is 0.966. The summed E-state index contributed by atoms with van der Waals surface area (Å²) in [7, 11) is 0. The maximum atomic E-state index is 5.61. The predicted octanol–water partition coefficient (Wildman–Crippen LogP) is 2.53. The van der Waals surface area contributed by atoms with Gasteiger partial charge in [-0.15, -0.1) is 0 Å². The van der Waals surface area contributed by atoms with Gasteiger partial charge in [-0.25, -0.2) is 9.97 Å². The van der Waals surface area contributed by atoms with Gasteiger partial charge in [-0.3, -0.25) is 0 Å². The Hall–Kier alpha value is -1.16. The van der Waals surface area contributed by atoms with Gasteiger partial charge in [0, 0.05) is 18.3 Å². The standard InChI is InChI=1S/C12H21N3O/c1-5-10(4)16-8-12-14-9(3)7-11(15-12)13-6-2/h7,10H,5-6,8H2,1-4H3,(H,13,14,15). The smallest absolute Gasteiger partial charge is 0.156 e. The van der Waals surface area contributed by atoms with Crippen molar-refractivity contribution in [2.45, 2.75) is 46.8 Å². The van der Waals surface area contributed by atoms with Gasteiger partial charge in [0.15, 0.2) is 5.82 Å². The van der Waals surface area contributed by atoms with E-state index < -0.39 is 0 Å². The van der Waals surface area contributed by atoms with Gasteiger partial charge < -0.3 is 10.1 Å². The van der Waals surface area contributed by atoms with Gasteiger partial charge in [0.1, 0.15) is 12.4 Å². The summed E-state index contributed by atoms with van der Waals surface area (Å²) in [4.78, 5) is 8.73. The van der Waals surface area contributed by atoms with Crippen LogP contribution in [0, 0.1) is 6.92 Å². The average Bonchev–Trinajstić information content (AvgIpc) is 2.25. The Morgan fingerprint density at radius 2 is 2.12 bits per heavy atom. The van der Waals surface area contributed by atoms with Gasteiger partial charge in [-0.1, -0.05) is 6.92 Å². The highest BCUT2D eigenvalue weighted by Crippen LogP contribution is 2.08. The van der Waals surface area contributed by atoms with Crippen molar-refractivity contribution in [2.24, 2.45) is 0 Å². The summed E-state index contributed by atoms with van der Waals surface area (Å²) >= 11 is 0. The summed E-state index contributed by atoms with van der Waals surface area (Å²) in [6, 6.07) is 1.94. The predicted molar refractivity (Wildman–Crippen MR) is 65.5 cm³/mol. The Bertz CT molecular complexity index is 328. The molecule has 0 saturated carbocycles. The lowest BCUT2D eigenvalue weighted by molar-refractivity contribution is 0.0467. The Balaban J connectivity index is 2.64. The average molecular weight is 223 g/mol. The van der Waals surface area contributed by atoms with Crippen molar-refractivity contribution >= 4 is 5.82 Å². The van der Waals surface area contributed by atoms with E-state index in [2.05, 4.69) is 29.1 Å². The van der Waals surface area contributed by atoms with Crippen molar-refractivity contribution in [3.05, 3.63) is 17.6 Å². The van der Waals surface area contributed by atoms with Crippen LogP contribution in [0.5, 0.6) is 0 Å². The number of ether oxygens (including phenoxy) is 1. The lowest BCUT2D eigenvalue weighted by Gasteiger charge is -2.11. The summed E-state index contributed by atoms with van der Waals surface area (Å²) in [6.07, 6.45) is 1.26. The van der Waals surface area contributed by atoms with Crippen LogP contribution in [-0.4, -0.2) is 22.6 Å². The zero-order chi connectivity index (χ0) is 12.0. The molecule has 1 atom stereocenters. The fourth-order valence-corrected chi connectivity index (χ4v) is 1.30. The zero-order valence-electron chi connectivity index (χ0n) is 10.6. The van der Waals surface area contributed by atoms with Gasteiger partial charge in [0.2, 0.25) is 0 Å². The lowest BCUT2D eigenvalue weighted by atomic mass is 10.3. The highest BCUT2D eigenvalue weighted by Gasteiger charge is 2.04. The molecular formula is C12H21N3O. The number of nitrogens with zero attached hydrogens (tertiary/aromatic N) is 2. The fraction of sp³-hybridized carbons (Fsp3) is 0.667. The van der Waals surface area contributed by atoms with Crippen molar-refractivity contribution in [3.63, 3.8) is 0 Å². The van der Waals surface area contributed by atoms with E-state index in [0.29, 0.717) is 6.61 Å². The Morgan fingerprint density at radius 3 is 2.75 bits per heavy atom. The van der Waals surface area contributed by atoms with Crippen LogP contribution in [-0.2, 0) is 11.3 Å². The van der Waals surface area contributed by atoms with Crippen LogP contribution in [0.4, 0.5) is 5.82 Å². The number of hydrogen-bond donors (Lipinski definition) is 1. The molecule has 0 fully saturated rings. The molecule has 0 amide bonds. The van der Waals surface area contributed by atoms with Crippen LogP contribution in [0.15, 0.2) is 6.07 Å². The largest absolute Gasteiger partial charge is 0.371 e. The second-order valence-corrected chi connectivity index (χ2v) is 3.87. The van der Waals surface area contributed by atoms with E-state index in [1.165, 1.54) is 0 Å². The summed E-state index contributed by atoms with van der Waals surface area (Å²) < 4.78 is 5.61. The van der Waals surface area contributed by atoms with Gasteiger partial charge in [0.25, 0.3) is 0 Å². The minimum atomic E-state index is 0.256. The van der Waals surface area contributed by atoms with E-state index in [-0.39, 0.29) is 6.10 Å². The Labute approximate surface area is 97.5 Å². The monoisotopic (exact) mass is 223 g/mol. The second-order valence-electron chi connectivity index (χ2n) is 3.87. The number of anilines is 1. The Morgan fingerprint density at radius 1 is 1.38 bits per heavy atom. The van der Waals surface area contributed by atoms with Gasteiger partial charge in [-0.2, -0.15) is 0 Å². The molecule has 0 aliphatic carbocycles. The van der Waals surface area contributed by atoms with Crippen LogP contribution in [0.1, 0.15) is 38.7 Å². The van der Waals surface area contributed by atoms with Crippen molar-refractivity contribution in [2.75, 3.05) is 11.9 Å². The van der Waals surface area contributed by atoms with E-state index in [4.69, 9.17) is 4.74 Å². The van der Waals surface area contributed by atoms with E-state index >= 15 is 0 Å². The molecule has 0 aliphatic heterocycles. The molecule has 0 aliphatic rings. The van der Waals surface area contributed by atoms with Crippen LogP contribution >= 0.6 is 0 Å². The van der Waals surface area contributed by atoms with Gasteiger partial charge in [0.05, 0.1) is 6.10 Å². The summed E-state index contributed by atoms with van der Waals surface area (Å²) in [6.45, 7) is 9.52. The molecule has 1 heterocycles. The number of aryl methyl sites for hydroxylation is 1. The molecule has 16 heavy (non-hydrogen) atoms. The highest BCUT2D eigenvalue weighted by molar-refractivity contribution is 5.35. The molecular weight excluding hydrogens is 202 g/mol. The Kier molecular flexibility index (Phi) is 5.19. The third-order valence-electron chi connectivity index (χ3n) is 2.33. The number of nitrogens with one attached hydrogen (secondary N) is 1. The normalized spacial score (nSPS) is 12.5. The van der Waals surface area contributed by atoms with Crippen molar-refractivity contribution in [1.29, 1.82) is 0 Å². The third kappa shape index (κ3) is 4.14. The molecule has 1 unspecified atom stereocenters. The maximum absolute atomic E-state index is 5.61. The molecule has 4 heteroatoms. The fourth-order valence-electron chi connectivity index (χ4n) is 1.30. The quantitative estimate of drug-likeness (QED) is 0.805. The molecule has 0 spiro atoms. The highest BCUT2D eigenvalue weighted by atomic mass is 16.5. The molecule has 4 nitrogen and oxygen atoms in total. The molecule has 0 aromatic carbocycles. The van der Waals surface area contributed by atoms with Crippen LogP contribution in [0.25, 0.3) is 0 Å². The minimum absolute atomic E-state index is 0.256. The second kappa shape index (κ2) is 6.43. The van der Waals surface area contributed by atoms with E-state index in [1.54, 1.807) is 0 Å². The van der Waals surface area contributed by atoms with Gasteiger partial charge >= 0.3 is 0 Å². The molecule has 1 aromatic heterocycles. The molecule has 1 N–H and O–H groups in total. The number of aromatic nitrogens is 2. The molecule has 1 rings (SSSR count). The molecule has 0 bridgehead atoms. The van der Waals surface area contributed by atoms with Crippen molar-refractivity contribution in [1.82, 2.24) is 9.97 Å². The topological polar surface area (TPSA) is 47.0 Å². The van der Waals surface area contributed by atoms with Crippen molar-refractivity contribution in [3.8, 4) is 0 Å². The lowest BCUT2D eigenvalue weighted by Crippen LogP contribution is -2.10. The maximum Gasteiger partial charge on any atom is 0.156 e.